The van der Waals surface area contributed by atoms with Crippen molar-refractivity contribution < 1.29 is 13.6 Å². The number of furan rings is 1. The molecule has 0 radical (unpaired) electrons. The van der Waals surface area contributed by atoms with Gasteiger partial charge in [0.1, 0.15) is 6.42 Å². The van der Waals surface area contributed by atoms with Crippen molar-refractivity contribution >= 4 is 11.6 Å². The summed E-state index contributed by atoms with van der Waals surface area (Å²) in [5.74, 6) is 0.792. The number of hydrogen-bond donors (Lipinski definition) is 1. The predicted molar refractivity (Wildman–Crippen MR) is 76.3 cm³/mol. The van der Waals surface area contributed by atoms with Gasteiger partial charge in [-0.1, -0.05) is 0 Å². The van der Waals surface area contributed by atoms with Crippen molar-refractivity contribution in [3.8, 4) is 29.2 Å². The number of carbonyl (C=O) groups is 1. The third-order valence-electron chi connectivity index (χ3n) is 2.81. The van der Waals surface area contributed by atoms with E-state index in [1.54, 1.807) is 42.5 Å². The van der Waals surface area contributed by atoms with Crippen molar-refractivity contribution in [2.45, 2.75) is 6.42 Å². The highest BCUT2D eigenvalue weighted by molar-refractivity contribution is 5.92. The van der Waals surface area contributed by atoms with Crippen LogP contribution in [0.2, 0.25) is 0 Å². The first-order valence-electron chi connectivity index (χ1n) is 6.41. The van der Waals surface area contributed by atoms with Crippen LogP contribution >= 0.6 is 0 Å². The zero-order valence-electron chi connectivity index (χ0n) is 11.3. The summed E-state index contributed by atoms with van der Waals surface area (Å²) < 4.78 is 10.7. The summed E-state index contributed by atoms with van der Waals surface area (Å²) in [6, 6.07) is 12.1. The largest absolute Gasteiger partial charge is 0.459 e. The van der Waals surface area contributed by atoms with Crippen LogP contribution in [0.5, 0.6) is 0 Å². The second-order valence-corrected chi connectivity index (χ2v) is 4.35. The fraction of sp³-hybridized carbons (Fsp3) is 0.0667. The molecule has 3 aromatic rings. The second-order valence-electron chi connectivity index (χ2n) is 4.35. The molecule has 0 aliphatic heterocycles. The number of nitriles is 1. The van der Waals surface area contributed by atoms with Gasteiger partial charge >= 0.3 is 0 Å². The van der Waals surface area contributed by atoms with E-state index in [0.717, 1.165) is 0 Å². The molecule has 0 aliphatic rings. The zero-order chi connectivity index (χ0) is 15.4. The average Bonchev–Trinajstić information content (AvgIpc) is 3.19. The molecular weight excluding hydrogens is 284 g/mol. The second kappa shape index (κ2) is 5.93. The molecule has 0 saturated heterocycles. The van der Waals surface area contributed by atoms with Crippen molar-refractivity contribution in [3.05, 3.63) is 42.7 Å². The molecule has 108 valence electrons. The molecule has 0 saturated carbocycles. The van der Waals surface area contributed by atoms with Crippen LogP contribution in [-0.2, 0) is 4.79 Å². The van der Waals surface area contributed by atoms with E-state index in [1.807, 2.05) is 0 Å². The van der Waals surface area contributed by atoms with E-state index in [2.05, 4.69) is 15.5 Å². The van der Waals surface area contributed by atoms with E-state index in [4.69, 9.17) is 14.1 Å². The lowest BCUT2D eigenvalue weighted by Crippen LogP contribution is -2.09. The Morgan fingerprint density at radius 3 is 2.64 bits per heavy atom. The Balaban J connectivity index is 1.76. The lowest BCUT2D eigenvalue weighted by molar-refractivity contribution is -0.115. The van der Waals surface area contributed by atoms with Crippen LogP contribution in [-0.4, -0.2) is 16.1 Å². The molecular formula is C15H10N4O3. The van der Waals surface area contributed by atoms with Gasteiger partial charge in [-0.15, -0.1) is 10.2 Å². The van der Waals surface area contributed by atoms with Gasteiger partial charge in [-0.3, -0.25) is 4.79 Å². The summed E-state index contributed by atoms with van der Waals surface area (Å²) in [6.45, 7) is 0. The van der Waals surface area contributed by atoms with Gasteiger partial charge < -0.3 is 14.2 Å². The summed E-state index contributed by atoms with van der Waals surface area (Å²) in [7, 11) is 0. The molecule has 1 amide bonds. The van der Waals surface area contributed by atoms with E-state index >= 15 is 0 Å². The van der Waals surface area contributed by atoms with Crippen LogP contribution in [0.3, 0.4) is 0 Å². The minimum Gasteiger partial charge on any atom is -0.459 e. The monoisotopic (exact) mass is 294 g/mol. The SMILES string of the molecule is N#CCC(=O)Nc1ccc(-c2nnc(-c3ccco3)o2)cc1. The third kappa shape index (κ3) is 2.86. The molecule has 0 fully saturated rings. The Bertz CT molecular complexity index is 813. The summed E-state index contributed by atoms with van der Waals surface area (Å²) in [5, 5.41) is 18.9. The van der Waals surface area contributed by atoms with Crippen molar-refractivity contribution in [2.75, 3.05) is 5.32 Å². The maximum absolute atomic E-state index is 11.3. The maximum atomic E-state index is 11.3. The third-order valence-corrected chi connectivity index (χ3v) is 2.81. The highest BCUT2D eigenvalue weighted by Gasteiger charge is 2.12. The maximum Gasteiger partial charge on any atom is 0.283 e. The number of nitrogens with zero attached hydrogens (tertiary/aromatic N) is 3. The molecule has 22 heavy (non-hydrogen) atoms. The first kappa shape index (κ1) is 13.6. The van der Waals surface area contributed by atoms with Crippen molar-refractivity contribution in [3.63, 3.8) is 0 Å². The minimum atomic E-state index is -0.354. The molecule has 0 atom stereocenters. The van der Waals surface area contributed by atoms with Gasteiger partial charge in [0.25, 0.3) is 5.89 Å². The first-order chi connectivity index (χ1) is 10.8. The van der Waals surface area contributed by atoms with E-state index in [-0.39, 0.29) is 12.3 Å². The molecule has 1 N–H and O–H groups in total. The van der Waals surface area contributed by atoms with Crippen molar-refractivity contribution in [2.24, 2.45) is 0 Å². The molecule has 2 heterocycles. The predicted octanol–water partition coefficient (Wildman–Crippen LogP) is 2.85. The quantitative estimate of drug-likeness (QED) is 0.793. The van der Waals surface area contributed by atoms with E-state index in [1.165, 1.54) is 6.26 Å². The summed E-state index contributed by atoms with van der Waals surface area (Å²) in [4.78, 5) is 11.3. The van der Waals surface area contributed by atoms with E-state index < -0.39 is 0 Å². The highest BCUT2D eigenvalue weighted by Crippen LogP contribution is 2.25. The Morgan fingerprint density at radius 2 is 1.95 bits per heavy atom. The number of hydrogen-bond acceptors (Lipinski definition) is 6. The molecule has 3 rings (SSSR count). The van der Waals surface area contributed by atoms with E-state index in [9.17, 15) is 4.79 Å². The molecule has 0 bridgehead atoms. The molecule has 7 nitrogen and oxygen atoms in total. The van der Waals surface area contributed by atoms with Gasteiger partial charge in [0.15, 0.2) is 5.76 Å². The Hall–Kier alpha value is -3.40. The van der Waals surface area contributed by atoms with Crippen molar-refractivity contribution in [1.82, 2.24) is 10.2 Å². The molecule has 0 aliphatic carbocycles. The minimum absolute atomic E-state index is 0.183. The van der Waals surface area contributed by atoms with Gasteiger partial charge in [-0.2, -0.15) is 5.26 Å². The van der Waals surface area contributed by atoms with Crippen LogP contribution in [0.15, 0.2) is 51.5 Å². The van der Waals surface area contributed by atoms with Crippen molar-refractivity contribution in [1.29, 1.82) is 5.26 Å². The normalized spacial score (nSPS) is 10.1. The number of anilines is 1. The zero-order valence-corrected chi connectivity index (χ0v) is 11.3. The van der Waals surface area contributed by atoms with Gasteiger partial charge in [0.05, 0.1) is 12.3 Å². The molecule has 1 aromatic carbocycles. The summed E-state index contributed by atoms with van der Waals surface area (Å²) in [5.41, 5.74) is 1.30. The van der Waals surface area contributed by atoms with Gasteiger partial charge in [-0.05, 0) is 36.4 Å². The number of benzene rings is 1. The Morgan fingerprint density at radius 1 is 1.18 bits per heavy atom. The van der Waals surface area contributed by atoms with Crippen LogP contribution < -0.4 is 5.32 Å². The Kier molecular flexibility index (Phi) is 3.66. The van der Waals surface area contributed by atoms with Crippen LogP contribution in [0.25, 0.3) is 23.1 Å². The summed E-state index contributed by atoms with van der Waals surface area (Å²) >= 11 is 0. The number of rotatable bonds is 4. The first-order valence-corrected chi connectivity index (χ1v) is 6.41. The number of amides is 1. The lowest BCUT2D eigenvalue weighted by Gasteiger charge is -2.02. The molecule has 7 heteroatoms. The smallest absolute Gasteiger partial charge is 0.283 e. The molecule has 0 unspecified atom stereocenters. The van der Waals surface area contributed by atoms with Crippen LogP contribution in [0.4, 0.5) is 5.69 Å². The standard InChI is InChI=1S/C15H10N4O3/c16-8-7-13(20)17-11-5-3-10(4-6-11)14-18-19-15(22-14)12-2-1-9-21-12/h1-6,9H,7H2,(H,17,20). The van der Waals surface area contributed by atoms with Crippen LogP contribution in [0, 0.1) is 11.3 Å². The Labute approximate surface area is 125 Å². The van der Waals surface area contributed by atoms with Gasteiger partial charge in [0, 0.05) is 11.3 Å². The average molecular weight is 294 g/mol. The number of aromatic nitrogens is 2. The lowest BCUT2D eigenvalue weighted by atomic mass is 10.2. The topological polar surface area (TPSA) is 105 Å². The molecule has 0 spiro atoms. The molecule has 2 aromatic heterocycles. The fourth-order valence-corrected chi connectivity index (χ4v) is 1.81. The summed E-state index contributed by atoms with van der Waals surface area (Å²) in [6.07, 6.45) is 1.34. The number of nitrogens with one attached hydrogen (secondary N) is 1. The van der Waals surface area contributed by atoms with Crippen LogP contribution in [0.1, 0.15) is 6.42 Å². The fourth-order valence-electron chi connectivity index (χ4n) is 1.81. The van der Waals surface area contributed by atoms with Gasteiger partial charge in [-0.25, -0.2) is 0 Å². The highest BCUT2D eigenvalue weighted by atomic mass is 16.4. The number of carbonyl (C=O) groups excluding carboxylic acids is 1. The van der Waals surface area contributed by atoms with Gasteiger partial charge in [0.2, 0.25) is 11.8 Å². The van der Waals surface area contributed by atoms with E-state index in [0.29, 0.717) is 28.8 Å².